The predicted molar refractivity (Wildman–Crippen MR) is 68.4 cm³/mol. The Labute approximate surface area is 104 Å². The van der Waals surface area contributed by atoms with Crippen molar-refractivity contribution in [1.82, 2.24) is 5.32 Å². The lowest BCUT2D eigenvalue weighted by Crippen LogP contribution is -2.18. The van der Waals surface area contributed by atoms with Crippen LogP contribution in [0.2, 0.25) is 0 Å². The summed E-state index contributed by atoms with van der Waals surface area (Å²) in [4.78, 5) is 0. The van der Waals surface area contributed by atoms with Crippen molar-refractivity contribution < 1.29 is 4.42 Å². The van der Waals surface area contributed by atoms with Crippen LogP contribution < -0.4 is 5.32 Å². The fourth-order valence-electron chi connectivity index (χ4n) is 1.77. The smallest absolute Gasteiger partial charge is 0.173 e. The topological polar surface area (TPSA) is 25.2 Å². The van der Waals surface area contributed by atoms with E-state index in [4.69, 9.17) is 4.42 Å². The number of nitrogens with one attached hydrogen (secondary N) is 1. The maximum atomic E-state index is 5.26. The van der Waals surface area contributed by atoms with Crippen LogP contribution in [0.25, 0.3) is 0 Å². The van der Waals surface area contributed by atoms with E-state index in [-0.39, 0.29) is 6.04 Å². The molecule has 0 aliphatic heterocycles. The van der Waals surface area contributed by atoms with E-state index >= 15 is 0 Å². The number of likely N-dealkylation sites (N-methyl/N-ethyl adjacent to an activating group) is 1. The van der Waals surface area contributed by atoms with Crippen LogP contribution in [0.1, 0.15) is 17.2 Å². The van der Waals surface area contributed by atoms with Gasteiger partial charge < -0.3 is 9.73 Å². The van der Waals surface area contributed by atoms with Crippen LogP contribution in [-0.4, -0.2) is 7.05 Å². The van der Waals surface area contributed by atoms with Gasteiger partial charge in [0, 0.05) is 11.6 Å². The largest absolute Gasteiger partial charge is 0.457 e. The van der Waals surface area contributed by atoms with Gasteiger partial charge in [0.15, 0.2) is 4.67 Å². The average molecular weight is 280 g/mol. The maximum Gasteiger partial charge on any atom is 0.173 e. The van der Waals surface area contributed by atoms with Crippen LogP contribution in [-0.2, 0) is 6.42 Å². The highest BCUT2D eigenvalue weighted by atomic mass is 79.9. The van der Waals surface area contributed by atoms with E-state index in [1.807, 2.05) is 19.2 Å². The molecule has 16 heavy (non-hydrogen) atoms. The molecule has 0 amide bonds. The molecule has 1 aromatic heterocycles. The van der Waals surface area contributed by atoms with Gasteiger partial charge >= 0.3 is 0 Å². The maximum absolute atomic E-state index is 5.26. The molecular formula is C13H14BrNO. The van der Waals surface area contributed by atoms with E-state index in [0.717, 1.165) is 16.7 Å². The molecule has 2 aromatic rings. The first-order valence-electron chi connectivity index (χ1n) is 5.25. The Morgan fingerprint density at radius 3 is 2.56 bits per heavy atom. The number of hydrogen-bond donors (Lipinski definition) is 1. The number of benzene rings is 1. The van der Waals surface area contributed by atoms with Gasteiger partial charge in [0.25, 0.3) is 0 Å². The van der Waals surface area contributed by atoms with Gasteiger partial charge in [0.2, 0.25) is 0 Å². The lowest BCUT2D eigenvalue weighted by atomic mass is 10.0. The molecule has 0 fully saturated rings. The highest BCUT2D eigenvalue weighted by molar-refractivity contribution is 9.10. The SMILES string of the molecule is CNC(Cc1ccccc1)c1ccoc1Br. The minimum Gasteiger partial charge on any atom is -0.457 e. The van der Waals surface area contributed by atoms with Gasteiger partial charge in [-0.2, -0.15) is 0 Å². The fourth-order valence-corrected chi connectivity index (χ4v) is 2.29. The minimum atomic E-state index is 0.274. The van der Waals surface area contributed by atoms with Crippen LogP contribution in [0.5, 0.6) is 0 Å². The molecule has 0 aliphatic carbocycles. The van der Waals surface area contributed by atoms with Crippen molar-refractivity contribution in [2.24, 2.45) is 0 Å². The quantitative estimate of drug-likeness (QED) is 0.926. The molecule has 0 bridgehead atoms. The molecule has 84 valence electrons. The second-order valence-electron chi connectivity index (χ2n) is 3.68. The Bertz CT molecular complexity index is 438. The molecule has 0 radical (unpaired) electrons. The molecule has 1 unspecified atom stereocenters. The van der Waals surface area contributed by atoms with Gasteiger partial charge in [0.1, 0.15) is 0 Å². The van der Waals surface area contributed by atoms with Crippen LogP contribution in [0.4, 0.5) is 0 Å². The van der Waals surface area contributed by atoms with E-state index in [1.165, 1.54) is 5.56 Å². The molecule has 1 N–H and O–H groups in total. The van der Waals surface area contributed by atoms with Crippen LogP contribution >= 0.6 is 15.9 Å². The van der Waals surface area contributed by atoms with Crippen molar-refractivity contribution in [3.63, 3.8) is 0 Å². The molecule has 3 heteroatoms. The Kier molecular flexibility index (Phi) is 3.80. The highest BCUT2D eigenvalue weighted by Crippen LogP contribution is 2.26. The number of furan rings is 1. The van der Waals surface area contributed by atoms with Crippen molar-refractivity contribution in [2.75, 3.05) is 7.05 Å². The molecule has 0 aliphatic rings. The normalized spacial score (nSPS) is 12.6. The molecule has 1 atom stereocenters. The molecule has 0 saturated carbocycles. The molecule has 0 spiro atoms. The first-order valence-corrected chi connectivity index (χ1v) is 6.04. The van der Waals surface area contributed by atoms with E-state index < -0.39 is 0 Å². The van der Waals surface area contributed by atoms with Gasteiger partial charge in [-0.15, -0.1) is 0 Å². The lowest BCUT2D eigenvalue weighted by Gasteiger charge is -2.15. The zero-order valence-electron chi connectivity index (χ0n) is 9.11. The fraction of sp³-hybridized carbons (Fsp3) is 0.231. The van der Waals surface area contributed by atoms with Gasteiger partial charge in [-0.25, -0.2) is 0 Å². The lowest BCUT2D eigenvalue weighted by molar-refractivity contribution is 0.518. The number of halogens is 1. The Morgan fingerprint density at radius 1 is 1.25 bits per heavy atom. The minimum absolute atomic E-state index is 0.274. The van der Waals surface area contributed by atoms with E-state index in [9.17, 15) is 0 Å². The molecular weight excluding hydrogens is 266 g/mol. The first kappa shape index (κ1) is 11.4. The summed E-state index contributed by atoms with van der Waals surface area (Å²) in [6.45, 7) is 0. The number of hydrogen-bond acceptors (Lipinski definition) is 2. The molecule has 2 rings (SSSR count). The summed E-state index contributed by atoms with van der Waals surface area (Å²) in [7, 11) is 1.97. The third-order valence-corrected chi connectivity index (χ3v) is 3.30. The van der Waals surface area contributed by atoms with E-state index in [2.05, 4.69) is 45.5 Å². The second-order valence-corrected chi connectivity index (χ2v) is 4.40. The summed E-state index contributed by atoms with van der Waals surface area (Å²) in [6, 6.07) is 12.7. The first-order chi connectivity index (χ1) is 7.81. The highest BCUT2D eigenvalue weighted by Gasteiger charge is 2.15. The van der Waals surface area contributed by atoms with Crippen LogP contribution in [0.3, 0.4) is 0 Å². The van der Waals surface area contributed by atoms with Crippen molar-refractivity contribution in [3.05, 3.63) is 58.5 Å². The third-order valence-electron chi connectivity index (χ3n) is 2.65. The zero-order valence-corrected chi connectivity index (χ0v) is 10.7. The Hall–Kier alpha value is -1.06. The monoisotopic (exact) mass is 279 g/mol. The zero-order chi connectivity index (χ0) is 11.4. The Morgan fingerprint density at radius 2 is 2.00 bits per heavy atom. The van der Waals surface area contributed by atoms with Crippen LogP contribution in [0, 0.1) is 0 Å². The standard InChI is InChI=1S/C13H14BrNO/c1-15-12(11-7-8-16-13(11)14)9-10-5-3-2-4-6-10/h2-8,12,15H,9H2,1H3. The van der Waals surface area contributed by atoms with E-state index in [0.29, 0.717) is 0 Å². The molecule has 2 nitrogen and oxygen atoms in total. The summed E-state index contributed by atoms with van der Waals surface area (Å²) in [5, 5.41) is 3.30. The van der Waals surface area contributed by atoms with Crippen molar-refractivity contribution in [3.8, 4) is 0 Å². The van der Waals surface area contributed by atoms with Crippen molar-refractivity contribution in [2.45, 2.75) is 12.5 Å². The number of rotatable bonds is 4. The molecule has 1 heterocycles. The summed E-state index contributed by atoms with van der Waals surface area (Å²) < 4.78 is 6.07. The molecule has 0 saturated heterocycles. The summed E-state index contributed by atoms with van der Waals surface area (Å²) >= 11 is 3.41. The van der Waals surface area contributed by atoms with Crippen molar-refractivity contribution >= 4 is 15.9 Å². The molecule has 1 aromatic carbocycles. The van der Waals surface area contributed by atoms with Crippen molar-refractivity contribution in [1.29, 1.82) is 0 Å². The summed E-state index contributed by atoms with van der Waals surface area (Å²) in [5.41, 5.74) is 2.47. The summed E-state index contributed by atoms with van der Waals surface area (Å²) in [5.74, 6) is 0. The van der Waals surface area contributed by atoms with Gasteiger partial charge in [0.05, 0.1) is 6.26 Å². The summed E-state index contributed by atoms with van der Waals surface area (Å²) in [6.07, 6.45) is 2.66. The van der Waals surface area contributed by atoms with Gasteiger partial charge in [-0.1, -0.05) is 30.3 Å². The van der Waals surface area contributed by atoms with E-state index in [1.54, 1.807) is 6.26 Å². The average Bonchev–Trinajstić information content (AvgIpc) is 2.74. The third kappa shape index (κ3) is 2.54. The predicted octanol–water partition coefficient (Wildman–Crippen LogP) is 3.55. The van der Waals surface area contributed by atoms with Gasteiger partial charge in [-0.3, -0.25) is 0 Å². The Balaban J connectivity index is 2.16. The van der Waals surface area contributed by atoms with Gasteiger partial charge in [-0.05, 0) is 41.0 Å². The van der Waals surface area contributed by atoms with Crippen LogP contribution in [0.15, 0.2) is 51.7 Å². The second kappa shape index (κ2) is 5.32.